The molecular formula is C16H29N3O. The van der Waals surface area contributed by atoms with E-state index in [0.29, 0.717) is 6.04 Å². The van der Waals surface area contributed by atoms with E-state index in [2.05, 4.69) is 23.5 Å². The van der Waals surface area contributed by atoms with Crippen LogP contribution in [-0.2, 0) is 18.2 Å². The van der Waals surface area contributed by atoms with Gasteiger partial charge in [0.25, 0.3) is 0 Å². The molecule has 1 saturated carbocycles. The SMILES string of the molecule is CCCNC(CCc1cnn(C)c1)CC1(OC)CCC1. The Labute approximate surface area is 122 Å². The number of nitrogens with zero attached hydrogens (tertiary/aromatic N) is 2. The highest BCUT2D eigenvalue weighted by Crippen LogP contribution is 2.39. The number of rotatable bonds is 9. The molecule has 0 radical (unpaired) electrons. The average molecular weight is 279 g/mol. The molecule has 0 aliphatic heterocycles. The van der Waals surface area contributed by atoms with Crippen molar-refractivity contribution in [1.29, 1.82) is 0 Å². The third-order valence-corrected chi connectivity index (χ3v) is 4.54. The van der Waals surface area contributed by atoms with Gasteiger partial charge in [0, 0.05) is 26.4 Å². The summed E-state index contributed by atoms with van der Waals surface area (Å²) in [6.07, 6.45) is 12.4. The Kier molecular flexibility index (Phi) is 5.61. The molecule has 4 heteroatoms. The van der Waals surface area contributed by atoms with Crippen LogP contribution in [0, 0.1) is 0 Å². The van der Waals surface area contributed by atoms with Gasteiger partial charge < -0.3 is 10.1 Å². The Balaban J connectivity index is 1.86. The Bertz CT molecular complexity index is 393. The van der Waals surface area contributed by atoms with E-state index in [1.54, 1.807) is 0 Å². The smallest absolute Gasteiger partial charge is 0.0693 e. The second-order valence-corrected chi connectivity index (χ2v) is 6.16. The van der Waals surface area contributed by atoms with Gasteiger partial charge in [0.15, 0.2) is 0 Å². The molecule has 1 N–H and O–H groups in total. The quantitative estimate of drug-likeness (QED) is 0.755. The summed E-state index contributed by atoms with van der Waals surface area (Å²) >= 11 is 0. The van der Waals surface area contributed by atoms with Crippen LogP contribution in [0.3, 0.4) is 0 Å². The summed E-state index contributed by atoms with van der Waals surface area (Å²) in [7, 11) is 3.85. The molecule has 2 rings (SSSR count). The van der Waals surface area contributed by atoms with Crippen molar-refractivity contribution in [2.24, 2.45) is 7.05 Å². The first kappa shape index (κ1) is 15.5. The van der Waals surface area contributed by atoms with Gasteiger partial charge in [-0.25, -0.2) is 0 Å². The molecule has 1 unspecified atom stereocenters. The molecule has 0 aromatic carbocycles. The van der Waals surface area contributed by atoms with Crippen molar-refractivity contribution >= 4 is 0 Å². The number of methoxy groups -OCH3 is 1. The fourth-order valence-electron chi connectivity index (χ4n) is 3.08. The molecule has 0 bridgehead atoms. The number of hydrogen-bond acceptors (Lipinski definition) is 3. The topological polar surface area (TPSA) is 39.1 Å². The molecule has 0 saturated heterocycles. The van der Waals surface area contributed by atoms with Crippen molar-refractivity contribution in [2.45, 2.75) is 63.5 Å². The monoisotopic (exact) mass is 279 g/mol. The van der Waals surface area contributed by atoms with E-state index in [0.717, 1.165) is 25.8 Å². The minimum absolute atomic E-state index is 0.153. The molecule has 1 aliphatic carbocycles. The Morgan fingerprint density at radius 1 is 1.50 bits per heavy atom. The van der Waals surface area contributed by atoms with E-state index >= 15 is 0 Å². The zero-order valence-electron chi connectivity index (χ0n) is 13.2. The van der Waals surface area contributed by atoms with Crippen LogP contribution in [0.25, 0.3) is 0 Å². The Morgan fingerprint density at radius 3 is 2.80 bits per heavy atom. The van der Waals surface area contributed by atoms with Gasteiger partial charge >= 0.3 is 0 Å². The number of aromatic nitrogens is 2. The lowest BCUT2D eigenvalue weighted by Gasteiger charge is -2.43. The third-order valence-electron chi connectivity index (χ3n) is 4.54. The number of nitrogens with one attached hydrogen (secondary N) is 1. The van der Waals surface area contributed by atoms with Gasteiger partial charge in [0.2, 0.25) is 0 Å². The van der Waals surface area contributed by atoms with E-state index in [4.69, 9.17) is 4.74 Å². The molecule has 0 spiro atoms. The zero-order valence-corrected chi connectivity index (χ0v) is 13.2. The number of ether oxygens (including phenoxy) is 1. The van der Waals surface area contributed by atoms with Crippen LogP contribution in [-0.4, -0.2) is 35.1 Å². The van der Waals surface area contributed by atoms with Crippen molar-refractivity contribution in [2.75, 3.05) is 13.7 Å². The van der Waals surface area contributed by atoms with Crippen molar-refractivity contribution in [1.82, 2.24) is 15.1 Å². The fraction of sp³-hybridized carbons (Fsp3) is 0.812. The summed E-state index contributed by atoms with van der Waals surface area (Å²) in [6.45, 7) is 3.32. The molecule has 1 heterocycles. The number of hydrogen-bond donors (Lipinski definition) is 1. The highest BCUT2D eigenvalue weighted by molar-refractivity contribution is 5.04. The Hall–Kier alpha value is -0.870. The maximum absolute atomic E-state index is 5.78. The summed E-state index contributed by atoms with van der Waals surface area (Å²) < 4.78 is 7.67. The molecule has 20 heavy (non-hydrogen) atoms. The molecule has 0 amide bonds. The highest BCUT2D eigenvalue weighted by Gasteiger charge is 2.38. The van der Waals surface area contributed by atoms with Crippen molar-refractivity contribution in [3.05, 3.63) is 18.0 Å². The predicted octanol–water partition coefficient (Wildman–Crippen LogP) is 2.68. The maximum Gasteiger partial charge on any atom is 0.0693 e. The minimum Gasteiger partial charge on any atom is -0.378 e. The van der Waals surface area contributed by atoms with E-state index in [9.17, 15) is 0 Å². The van der Waals surface area contributed by atoms with Gasteiger partial charge in [-0.15, -0.1) is 0 Å². The second kappa shape index (κ2) is 7.23. The normalized spacial score (nSPS) is 18.8. The summed E-state index contributed by atoms with van der Waals surface area (Å²) in [5.74, 6) is 0. The number of aryl methyl sites for hydroxylation is 2. The lowest BCUT2D eigenvalue weighted by Crippen LogP contribution is -2.46. The largest absolute Gasteiger partial charge is 0.378 e. The first-order valence-electron chi connectivity index (χ1n) is 7.93. The van der Waals surface area contributed by atoms with Gasteiger partial charge in [-0.3, -0.25) is 4.68 Å². The van der Waals surface area contributed by atoms with Crippen LogP contribution in [0.1, 0.15) is 51.0 Å². The van der Waals surface area contributed by atoms with Gasteiger partial charge in [0.05, 0.1) is 11.8 Å². The molecule has 1 aromatic rings. The summed E-state index contributed by atoms with van der Waals surface area (Å²) in [6, 6.07) is 0.551. The molecule has 1 aliphatic rings. The summed E-state index contributed by atoms with van der Waals surface area (Å²) in [5, 5.41) is 7.94. The van der Waals surface area contributed by atoms with E-state index in [-0.39, 0.29) is 5.60 Å². The third kappa shape index (κ3) is 4.06. The summed E-state index contributed by atoms with van der Waals surface area (Å²) in [4.78, 5) is 0. The van der Waals surface area contributed by atoms with Gasteiger partial charge in [-0.05, 0) is 57.1 Å². The molecule has 1 fully saturated rings. The van der Waals surface area contributed by atoms with Crippen molar-refractivity contribution in [3.63, 3.8) is 0 Å². The standard InChI is InChI=1S/C16H29N3O/c1-4-10-17-15(11-16(20-3)8-5-9-16)7-6-14-12-18-19(2)13-14/h12-13,15,17H,4-11H2,1-3H3. The van der Waals surface area contributed by atoms with Crippen LogP contribution in [0.5, 0.6) is 0 Å². The van der Waals surface area contributed by atoms with Crippen molar-refractivity contribution in [3.8, 4) is 0 Å². The van der Waals surface area contributed by atoms with Crippen LogP contribution < -0.4 is 5.32 Å². The van der Waals surface area contributed by atoms with Crippen LogP contribution >= 0.6 is 0 Å². The highest BCUT2D eigenvalue weighted by atomic mass is 16.5. The van der Waals surface area contributed by atoms with Crippen LogP contribution in [0.4, 0.5) is 0 Å². The molecule has 114 valence electrons. The lowest BCUT2D eigenvalue weighted by atomic mass is 9.75. The maximum atomic E-state index is 5.78. The van der Waals surface area contributed by atoms with Crippen molar-refractivity contribution < 1.29 is 4.74 Å². The lowest BCUT2D eigenvalue weighted by molar-refractivity contribution is -0.0838. The zero-order chi connectivity index (χ0) is 14.4. The van der Waals surface area contributed by atoms with E-state index in [1.165, 1.54) is 31.2 Å². The molecule has 1 aromatic heterocycles. The average Bonchev–Trinajstić information content (AvgIpc) is 2.82. The van der Waals surface area contributed by atoms with E-state index in [1.807, 2.05) is 25.0 Å². The molecular weight excluding hydrogens is 250 g/mol. The molecule has 4 nitrogen and oxygen atoms in total. The van der Waals surface area contributed by atoms with E-state index < -0.39 is 0 Å². The van der Waals surface area contributed by atoms with Gasteiger partial charge in [0.1, 0.15) is 0 Å². The first-order chi connectivity index (χ1) is 9.67. The summed E-state index contributed by atoms with van der Waals surface area (Å²) in [5.41, 5.74) is 1.48. The van der Waals surface area contributed by atoms with Crippen LogP contribution in [0.15, 0.2) is 12.4 Å². The Morgan fingerprint density at radius 2 is 2.30 bits per heavy atom. The van der Waals surface area contributed by atoms with Gasteiger partial charge in [-0.2, -0.15) is 5.10 Å². The second-order valence-electron chi connectivity index (χ2n) is 6.16. The first-order valence-corrected chi connectivity index (χ1v) is 7.93. The fourth-order valence-corrected chi connectivity index (χ4v) is 3.08. The molecule has 1 atom stereocenters. The minimum atomic E-state index is 0.153. The van der Waals surface area contributed by atoms with Crippen LogP contribution in [0.2, 0.25) is 0 Å². The van der Waals surface area contributed by atoms with Gasteiger partial charge in [-0.1, -0.05) is 6.92 Å². The predicted molar refractivity (Wildman–Crippen MR) is 81.8 cm³/mol.